The topological polar surface area (TPSA) is 90.2 Å². The lowest BCUT2D eigenvalue weighted by atomic mass is 10.0. The molecule has 0 saturated carbocycles. The second kappa shape index (κ2) is 16.3. The fourth-order valence-corrected chi connectivity index (χ4v) is 9.59. The fourth-order valence-electron chi connectivity index (χ4n) is 8.35. The summed E-state index contributed by atoms with van der Waals surface area (Å²) in [4.78, 5) is 35.5. The summed E-state index contributed by atoms with van der Waals surface area (Å²) in [5.74, 6) is 2.78. The third-order valence-corrected chi connectivity index (χ3v) is 12.8. The molecule has 0 bridgehead atoms. The predicted molar refractivity (Wildman–Crippen MR) is 265 cm³/mol. The van der Waals surface area contributed by atoms with E-state index >= 15 is 0 Å². The first-order valence-electron chi connectivity index (χ1n) is 21.4. The molecule has 4 aromatic heterocycles. The lowest BCUT2D eigenvalue weighted by molar-refractivity contribution is 1.05. The highest BCUT2D eigenvalue weighted by atomic mass is 32.1. The SMILES string of the molecule is c1ccc(-c2nc(-c3ccc(-c4cccc5c4sc4ccccc45)cc3)cc(-c3nc(-c4ccccc4)nc(-c4ccc(-c5nc(-c6ccccc6)nc6ccccc56)cc4)n3)n2)cc1. The molecule has 0 N–H and O–H groups in total. The first kappa shape index (κ1) is 38.1. The number of benzene rings is 8. The second-order valence-corrected chi connectivity index (χ2v) is 16.8. The third-order valence-electron chi connectivity index (χ3n) is 11.6. The lowest BCUT2D eigenvalue weighted by Crippen LogP contribution is -2.03. The molecule has 0 spiro atoms. The van der Waals surface area contributed by atoms with E-state index in [9.17, 15) is 0 Å². The van der Waals surface area contributed by atoms with Gasteiger partial charge in [0.25, 0.3) is 0 Å². The molecule has 304 valence electrons. The number of rotatable bonds is 8. The Balaban J connectivity index is 0.961. The van der Waals surface area contributed by atoms with Gasteiger partial charge in [0.05, 0.1) is 16.9 Å². The van der Waals surface area contributed by atoms with E-state index in [1.807, 2.05) is 139 Å². The molecule has 8 heteroatoms. The van der Waals surface area contributed by atoms with Gasteiger partial charge in [-0.05, 0) is 29.3 Å². The standard InChI is InChI=1S/C57H35N7S/c1-4-15-39(16-5-1)53-59-48(37-29-27-36(28-30-37)43-23-14-24-45-44-21-11-13-26-50(44)65-52(43)45)35-49(60-53)57-63-55(41-19-8-3-9-20-41)62-56(64-57)42-33-31-38(32-34-42)51-46-22-10-12-25-47(46)58-54(61-51)40-17-6-2-7-18-40/h1-35H. The normalized spacial score (nSPS) is 11.4. The highest BCUT2D eigenvalue weighted by molar-refractivity contribution is 7.26. The molecular weight excluding hydrogens is 815 g/mol. The summed E-state index contributed by atoms with van der Waals surface area (Å²) >= 11 is 1.84. The Labute approximate surface area is 378 Å². The van der Waals surface area contributed by atoms with Gasteiger partial charge in [0.15, 0.2) is 29.1 Å². The molecule has 12 aromatic rings. The Morgan fingerprint density at radius 1 is 0.277 bits per heavy atom. The summed E-state index contributed by atoms with van der Waals surface area (Å²) in [7, 11) is 0. The maximum atomic E-state index is 5.14. The van der Waals surface area contributed by atoms with Crippen LogP contribution in [-0.2, 0) is 0 Å². The van der Waals surface area contributed by atoms with Gasteiger partial charge < -0.3 is 0 Å². The zero-order valence-corrected chi connectivity index (χ0v) is 35.6. The Bertz CT molecular complexity index is 3690. The van der Waals surface area contributed by atoms with Crippen LogP contribution in [0.5, 0.6) is 0 Å². The van der Waals surface area contributed by atoms with E-state index in [1.165, 1.54) is 25.7 Å². The Kier molecular flexibility index (Phi) is 9.54. The number of aromatic nitrogens is 7. The minimum Gasteiger partial charge on any atom is -0.228 e. The molecule has 12 rings (SSSR count). The van der Waals surface area contributed by atoms with Crippen molar-refractivity contribution in [3.8, 4) is 90.7 Å². The van der Waals surface area contributed by atoms with Crippen LogP contribution in [0.25, 0.3) is 122 Å². The quantitative estimate of drug-likeness (QED) is 0.150. The molecule has 0 fully saturated rings. The van der Waals surface area contributed by atoms with Gasteiger partial charge in [-0.3, -0.25) is 0 Å². The lowest BCUT2D eigenvalue weighted by Gasteiger charge is -2.12. The number of para-hydroxylation sites is 1. The smallest absolute Gasteiger partial charge is 0.182 e. The van der Waals surface area contributed by atoms with Gasteiger partial charge in [0.1, 0.15) is 5.69 Å². The van der Waals surface area contributed by atoms with Crippen molar-refractivity contribution in [3.63, 3.8) is 0 Å². The van der Waals surface area contributed by atoms with E-state index < -0.39 is 0 Å². The number of hydrogen-bond acceptors (Lipinski definition) is 8. The van der Waals surface area contributed by atoms with Crippen LogP contribution in [0, 0.1) is 0 Å². The Morgan fingerprint density at radius 2 is 0.754 bits per heavy atom. The number of hydrogen-bond donors (Lipinski definition) is 0. The number of thiophene rings is 1. The third kappa shape index (κ3) is 7.27. The van der Waals surface area contributed by atoms with E-state index in [0.29, 0.717) is 34.8 Å². The van der Waals surface area contributed by atoms with Gasteiger partial charge in [-0.15, -0.1) is 11.3 Å². The minimum atomic E-state index is 0.445. The van der Waals surface area contributed by atoms with Crippen molar-refractivity contribution in [3.05, 3.63) is 212 Å². The van der Waals surface area contributed by atoms with E-state index in [4.69, 9.17) is 34.9 Å². The van der Waals surface area contributed by atoms with Crippen molar-refractivity contribution < 1.29 is 0 Å². The first-order chi connectivity index (χ1) is 32.2. The van der Waals surface area contributed by atoms with Crippen molar-refractivity contribution in [2.75, 3.05) is 0 Å². The Hall–Kier alpha value is -8.59. The average Bonchev–Trinajstić information content (AvgIpc) is 3.78. The van der Waals surface area contributed by atoms with Gasteiger partial charge in [-0.2, -0.15) is 0 Å². The molecule has 0 radical (unpaired) electrons. The highest BCUT2D eigenvalue weighted by Gasteiger charge is 2.19. The predicted octanol–water partition coefficient (Wildman–Crippen LogP) is 14.3. The van der Waals surface area contributed by atoms with Gasteiger partial charge in [-0.1, -0.05) is 194 Å². The van der Waals surface area contributed by atoms with E-state index in [1.54, 1.807) is 0 Å². The molecule has 0 aliphatic heterocycles. The highest BCUT2D eigenvalue weighted by Crippen LogP contribution is 2.40. The summed E-state index contributed by atoms with van der Waals surface area (Å²) in [6.45, 7) is 0. The van der Waals surface area contributed by atoms with Crippen LogP contribution >= 0.6 is 11.3 Å². The van der Waals surface area contributed by atoms with Crippen molar-refractivity contribution in [1.82, 2.24) is 34.9 Å². The van der Waals surface area contributed by atoms with Gasteiger partial charge in [-0.25, -0.2) is 34.9 Å². The molecule has 0 atom stereocenters. The molecule has 0 aliphatic carbocycles. The molecule has 7 nitrogen and oxygen atoms in total. The summed E-state index contributed by atoms with van der Waals surface area (Å²) in [6, 6.07) is 72.3. The zero-order chi connectivity index (χ0) is 43.1. The minimum absolute atomic E-state index is 0.445. The van der Waals surface area contributed by atoms with Crippen LogP contribution in [-0.4, -0.2) is 34.9 Å². The van der Waals surface area contributed by atoms with Crippen molar-refractivity contribution >= 4 is 42.4 Å². The molecular formula is C57H35N7S. The van der Waals surface area contributed by atoms with Crippen LogP contribution in [0.1, 0.15) is 0 Å². The summed E-state index contributed by atoms with van der Waals surface area (Å²) < 4.78 is 2.57. The maximum Gasteiger partial charge on any atom is 0.182 e. The summed E-state index contributed by atoms with van der Waals surface area (Å²) in [6.07, 6.45) is 0. The molecule has 0 saturated heterocycles. The van der Waals surface area contributed by atoms with Crippen LogP contribution in [0.3, 0.4) is 0 Å². The van der Waals surface area contributed by atoms with Crippen LogP contribution in [0.15, 0.2) is 212 Å². The van der Waals surface area contributed by atoms with Crippen molar-refractivity contribution in [1.29, 1.82) is 0 Å². The molecule has 0 aliphatic rings. The first-order valence-corrected chi connectivity index (χ1v) is 22.2. The largest absolute Gasteiger partial charge is 0.228 e. The molecule has 4 heterocycles. The second-order valence-electron chi connectivity index (χ2n) is 15.7. The van der Waals surface area contributed by atoms with Gasteiger partial charge >= 0.3 is 0 Å². The fraction of sp³-hybridized carbons (Fsp3) is 0. The average molecular weight is 850 g/mol. The molecule has 0 amide bonds. The number of fused-ring (bicyclic) bond motifs is 4. The van der Waals surface area contributed by atoms with Gasteiger partial charge in [0, 0.05) is 58.9 Å². The van der Waals surface area contributed by atoms with Gasteiger partial charge in [0.2, 0.25) is 0 Å². The van der Waals surface area contributed by atoms with E-state index in [-0.39, 0.29) is 0 Å². The Morgan fingerprint density at radius 3 is 1.43 bits per heavy atom. The maximum absolute atomic E-state index is 5.14. The van der Waals surface area contributed by atoms with Crippen LogP contribution in [0.2, 0.25) is 0 Å². The monoisotopic (exact) mass is 849 g/mol. The van der Waals surface area contributed by atoms with Crippen molar-refractivity contribution in [2.24, 2.45) is 0 Å². The summed E-state index contributed by atoms with van der Waals surface area (Å²) in [5.41, 5.74) is 10.9. The number of nitrogens with zero attached hydrogens (tertiary/aromatic N) is 7. The van der Waals surface area contributed by atoms with Crippen LogP contribution < -0.4 is 0 Å². The molecule has 0 unspecified atom stereocenters. The van der Waals surface area contributed by atoms with Crippen molar-refractivity contribution in [2.45, 2.75) is 0 Å². The molecule has 8 aromatic carbocycles. The molecule has 65 heavy (non-hydrogen) atoms. The van der Waals surface area contributed by atoms with Crippen LogP contribution in [0.4, 0.5) is 0 Å². The van der Waals surface area contributed by atoms with E-state index in [0.717, 1.165) is 61.2 Å². The zero-order valence-electron chi connectivity index (χ0n) is 34.7. The summed E-state index contributed by atoms with van der Waals surface area (Å²) in [5, 5.41) is 3.54. The van der Waals surface area contributed by atoms with E-state index in [2.05, 4.69) is 84.9 Å².